The van der Waals surface area contributed by atoms with Gasteiger partial charge in [0.05, 0.1) is 25.5 Å². The quantitative estimate of drug-likeness (QED) is 0.873. The lowest BCUT2D eigenvalue weighted by molar-refractivity contribution is 0.0729. The Hall–Kier alpha value is -1.97. The number of halogens is 1. The van der Waals surface area contributed by atoms with Crippen molar-refractivity contribution in [1.82, 2.24) is 14.1 Å². The summed E-state index contributed by atoms with van der Waals surface area (Å²) in [5, 5.41) is 7.16. The molecule has 0 bridgehead atoms. The van der Waals surface area contributed by atoms with E-state index in [9.17, 15) is 12.8 Å². The number of aryl methyl sites for hydroxylation is 1. The molecule has 1 N–H and O–H groups in total. The lowest BCUT2D eigenvalue weighted by Gasteiger charge is -2.26. The Morgan fingerprint density at radius 2 is 2.04 bits per heavy atom. The molecule has 2 heterocycles. The van der Waals surface area contributed by atoms with Gasteiger partial charge in [0, 0.05) is 32.0 Å². The molecule has 130 valence electrons. The molecule has 7 nitrogen and oxygen atoms in total. The Balaban J connectivity index is 1.82. The fourth-order valence-electron chi connectivity index (χ4n) is 2.50. The summed E-state index contributed by atoms with van der Waals surface area (Å²) in [5.74, 6) is -0.757. The third kappa shape index (κ3) is 3.42. The van der Waals surface area contributed by atoms with E-state index in [-0.39, 0.29) is 18.0 Å². The van der Waals surface area contributed by atoms with Gasteiger partial charge in [-0.15, -0.1) is 0 Å². The maximum Gasteiger partial charge on any atom is 0.246 e. The largest absolute Gasteiger partial charge is 0.379 e. The van der Waals surface area contributed by atoms with Crippen molar-refractivity contribution in [2.24, 2.45) is 7.05 Å². The number of benzene rings is 1. The van der Waals surface area contributed by atoms with Gasteiger partial charge in [-0.2, -0.15) is 9.40 Å². The Kier molecular flexibility index (Phi) is 4.83. The van der Waals surface area contributed by atoms with Gasteiger partial charge >= 0.3 is 0 Å². The molecule has 9 heteroatoms. The topological polar surface area (TPSA) is 76.5 Å². The predicted molar refractivity (Wildman–Crippen MR) is 86.5 cm³/mol. The fraction of sp³-hybridized carbons (Fsp3) is 0.400. The first-order chi connectivity index (χ1) is 11.5. The average Bonchev–Trinajstić information content (AvgIpc) is 3.00. The van der Waals surface area contributed by atoms with Crippen molar-refractivity contribution in [3.8, 4) is 0 Å². The van der Waals surface area contributed by atoms with Crippen molar-refractivity contribution in [3.05, 3.63) is 42.0 Å². The minimum atomic E-state index is -3.87. The van der Waals surface area contributed by atoms with Crippen molar-refractivity contribution in [3.63, 3.8) is 0 Å². The summed E-state index contributed by atoms with van der Waals surface area (Å²) in [5.41, 5.74) is 1.46. The zero-order chi connectivity index (χ0) is 17.2. The van der Waals surface area contributed by atoms with Crippen LogP contribution >= 0.6 is 0 Å². The number of ether oxygens (including phenoxy) is 1. The highest BCUT2D eigenvalue weighted by Crippen LogP contribution is 2.24. The molecule has 1 aromatic carbocycles. The van der Waals surface area contributed by atoms with Crippen LogP contribution in [0.2, 0.25) is 0 Å². The molecule has 0 radical (unpaired) electrons. The highest BCUT2D eigenvalue weighted by Gasteiger charge is 2.29. The first-order valence-electron chi connectivity index (χ1n) is 7.56. The molecule has 1 saturated heterocycles. The molecular formula is C15H19FN4O3S. The normalized spacial score (nSPS) is 16.2. The molecule has 0 amide bonds. The molecule has 0 aliphatic carbocycles. The molecule has 24 heavy (non-hydrogen) atoms. The third-order valence-electron chi connectivity index (χ3n) is 3.92. The van der Waals surface area contributed by atoms with Crippen LogP contribution < -0.4 is 5.32 Å². The van der Waals surface area contributed by atoms with E-state index in [0.717, 1.165) is 5.69 Å². The average molecular weight is 354 g/mol. The zero-order valence-corrected chi connectivity index (χ0v) is 14.1. The summed E-state index contributed by atoms with van der Waals surface area (Å²) < 4.78 is 47.5. The second-order valence-electron chi connectivity index (χ2n) is 5.46. The standard InChI is InChI=1S/C15H19FN4O3S/c1-19-13(4-5-18-19)11-17-12-2-3-14(16)15(10-12)24(21,22)20-6-8-23-9-7-20/h2-5,10,17H,6-9,11H2,1H3. The molecule has 0 atom stereocenters. The number of sulfonamides is 1. The maximum atomic E-state index is 14.1. The van der Waals surface area contributed by atoms with Crippen molar-refractivity contribution >= 4 is 15.7 Å². The first kappa shape index (κ1) is 16.9. The Labute approximate surface area is 140 Å². The molecule has 0 unspecified atom stereocenters. The molecular weight excluding hydrogens is 335 g/mol. The Morgan fingerprint density at radius 3 is 2.71 bits per heavy atom. The minimum Gasteiger partial charge on any atom is -0.379 e. The lowest BCUT2D eigenvalue weighted by atomic mass is 10.3. The molecule has 1 aliphatic heterocycles. The molecule has 0 spiro atoms. The molecule has 3 rings (SSSR count). The van der Waals surface area contributed by atoms with E-state index < -0.39 is 15.8 Å². The van der Waals surface area contributed by atoms with Crippen molar-refractivity contribution in [2.45, 2.75) is 11.4 Å². The van der Waals surface area contributed by atoms with E-state index >= 15 is 0 Å². The van der Waals surface area contributed by atoms with Crippen LogP contribution in [0, 0.1) is 5.82 Å². The number of nitrogens with zero attached hydrogens (tertiary/aromatic N) is 3. The van der Waals surface area contributed by atoms with E-state index in [1.54, 1.807) is 10.9 Å². The highest BCUT2D eigenvalue weighted by molar-refractivity contribution is 7.89. The second-order valence-corrected chi connectivity index (χ2v) is 7.37. The van der Waals surface area contributed by atoms with Crippen molar-refractivity contribution in [2.75, 3.05) is 31.6 Å². The van der Waals surface area contributed by atoms with Crippen LogP contribution in [0.25, 0.3) is 0 Å². The zero-order valence-electron chi connectivity index (χ0n) is 13.3. The first-order valence-corrected chi connectivity index (χ1v) is 9.01. The fourth-order valence-corrected chi connectivity index (χ4v) is 4.00. The minimum absolute atomic E-state index is 0.231. The predicted octanol–water partition coefficient (Wildman–Crippen LogP) is 1.19. The summed E-state index contributed by atoms with van der Waals surface area (Å²) >= 11 is 0. The maximum absolute atomic E-state index is 14.1. The Bertz CT molecular complexity index is 816. The highest BCUT2D eigenvalue weighted by atomic mass is 32.2. The van der Waals surface area contributed by atoms with Crippen LogP contribution in [-0.2, 0) is 28.4 Å². The smallest absolute Gasteiger partial charge is 0.246 e. The molecule has 1 fully saturated rings. The van der Waals surface area contributed by atoms with E-state index in [2.05, 4.69) is 10.4 Å². The second kappa shape index (κ2) is 6.88. The number of nitrogens with one attached hydrogen (secondary N) is 1. The van der Waals surface area contributed by atoms with Crippen LogP contribution in [0.4, 0.5) is 10.1 Å². The summed E-state index contributed by atoms with van der Waals surface area (Å²) in [4.78, 5) is -0.320. The molecule has 1 aliphatic rings. The summed E-state index contributed by atoms with van der Waals surface area (Å²) in [6.45, 7) is 1.56. The van der Waals surface area contributed by atoms with E-state index in [1.807, 2.05) is 13.1 Å². The number of hydrogen-bond donors (Lipinski definition) is 1. The van der Waals surface area contributed by atoms with Gasteiger partial charge in [0.2, 0.25) is 10.0 Å². The van der Waals surface area contributed by atoms with Gasteiger partial charge in [0.1, 0.15) is 10.7 Å². The molecule has 0 saturated carbocycles. The number of aromatic nitrogens is 2. The van der Waals surface area contributed by atoms with Gasteiger partial charge in [-0.1, -0.05) is 0 Å². The summed E-state index contributed by atoms with van der Waals surface area (Å²) in [6, 6.07) is 5.86. The molecule has 1 aromatic heterocycles. The molecule has 2 aromatic rings. The number of anilines is 1. The van der Waals surface area contributed by atoms with E-state index in [1.165, 1.54) is 22.5 Å². The van der Waals surface area contributed by atoms with Crippen molar-refractivity contribution in [1.29, 1.82) is 0 Å². The number of morpholine rings is 1. The lowest BCUT2D eigenvalue weighted by Crippen LogP contribution is -2.40. The SMILES string of the molecule is Cn1nccc1CNc1ccc(F)c(S(=O)(=O)N2CCOCC2)c1. The number of rotatable bonds is 5. The Morgan fingerprint density at radius 1 is 1.29 bits per heavy atom. The van der Waals surface area contributed by atoms with Crippen LogP contribution in [0.3, 0.4) is 0 Å². The number of hydrogen-bond acceptors (Lipinski definition) is 5. The van der Waals surface area contributed by atoms with Gasteiger partial charge in [-0.3, -0.25) is 4.68 Å². The van der Waals surface area contributed by atoms with E-state index in [4.69, 9.17) is 4.74 Å². The van der Waals surface area contributed by atoms with Gasteiger partial charge in [0.25, 0.3) is 0 Å². The van der Waals surface area contributed by atoms with Crippen LogP contribution in [-0.4, -0.2) is 48.8 Å². The van der Waals surface area contributed by atoms with Gasteiger partial charge < -0.3 is 10.1 Å². The van der Waals surface area contributed by atoms with E-state index in [0.29, 0.717) is 25.4 Å². The van der Waals surface area contributed by atoms with Gasteiger partial charge in [-0.25, -0.2) is 12.8 Å². The van der Waals surface area contributed by atoms with Crippen molar-refractivity contribution < 1.29 is 17.5 Å². The summed E-state index contributed by atoms with van der Waals surface area (Å²) in [6.07, 6.45) is 1.68. The third-order valence-corrected chi connectivity index (χ3v) is 5.83. The monoisotopic (exact) mass is 354 g/mol. The van der Waals surface area contributed by atoms with Crippen LogP contribution in [0.5, 0.6) is 0 Å². The van der Waals surface area contributed by atoms with Gasteiger partial charge in [0.15, 0.2) is 0 Å². The van der Waals surface area contributed by atoms with Crippen LogP contribution in [0.1, 0.15) is 5.69 Å². The van der Waals surface area contributed by atoms with Crippen LogP contribution in [0.15, 0.2) is 35.4 Å². The summed E-state index contributed by atoms with van der Waals surface area (Å²) in [7, 11) is -2.06. The van der Waals surface area contributed by atoms with Gasteiger partial charge in [-0.05, 0) is 24.3 Å².